The zero-order chi connectivity index (χ0) is 16.5. The summed E-state index contributed by atoms with van der Waals surface area (Å²) in [6, 6.07) is 0. The molecule has 1 unspecified atom stereocenters. The number of hydrogen-bond acceptors (Lipinski definition) is 4. The second-order valence-electron chi connectivity index (χ2n) is 8.55. The van der Waals surface area contributed by atoms with Gasteiger partial charge in [0.1, 0.15) is 6.61 Å². The molecule has 0 N–H and O–H groups in total. The maximum atomic E-state index is 12.8. The van der Waals surface area contributed by atoms with Gasteiger partial charge >= 0.3 is 5.97 Å². The van der Waals surface area contributed by atoms with E-state index in [1.807, 2.05) is 20.8 Å². The molecule has 1 saturated heterocycles. The van der Waals surface area contributed by atoms with Gasteiger partial charge in [-0.05, 0) is 39.0 Å². The van der Waals surface area contributed by atoms with Gasteiger partial charge in [-0.15, -0.1) is 0 Å². The molecule has 4 heteroatoms. The van der Waals surface area contributed by atoms with Crippen molar-refractivity contribution < 1.29 is 14.3 Å². The molecule has 0 radical (unpaired) electrons. The second kappa shape index (κ2) is 6.11. The third-order valence-corrected chi connectivity index (χ3v) is 5.25. The SMILES string of the molecule is CCC1(COC(=O)C(C)(CC(C)(C)C)C(C)(C)S)COC1. The third-order valence-electron chi connectivity index (χ3n) is 4.76. The summed E-state index contributed by atoms with van der Waals surface area (Å²) in [5, 5.41) is 0. The standard InChI is InChI=1S/C17H32O3S/c1-8-17(10-19-11-17)12-20-13(18)16(7,15(5,6)21)9-14(2,3)4/h21H,8-12H2,1-7H3. The molecule has 0 aromatic heterocycles. The lowest BCUT2D eigenvalue weighted by Gasteiger charge is -2.44. The Morgan fingerprint density at radius 1 is 1.19 bits per heavy atom. The third kappa shape index (κ3) is 4.38. The number of hydrogen-bond donors (Lipinski definition) is 1. The topological polar surface area (TPSA) is 35.5 Å². The fraction of sp³-hybridized carbons (Fsp3) is 0.941. The van der Waals surface area contributed by atoms with Crippen molar-refractivity contribution in [1.29, 1.82) is 0 Å². The van der Waals surface area contributed by atoms with Gasteiger partial charge in [-0.2, -0.15) is 12.6 Å². The quantitative estimate of drug-likeness (QED) is 0.592. The van der Waals surface area contributed by atoms with Crippen LogP contribution in [0.3, 0.4) is 0 Å². The van der Waals surface area contributed by atoms with E-state index in [0.29, 0.717) is 19.8 Å². The summed E-state index contributed by atoms with van der Waals surface area (Å²) < 4.78 is 10.6. The molecular formula is C17H32O3S. The smallest absolute Gasteiger partial charge is 0.313 e. The summed E-state index contributed by atoms with van der Waals surface area (Å²) in [5.74, 6) is -0.142. The summed E-state index contributed by atoms with van der Waals surface area (Å²) in [4.78, 5) is 12.8. The average Bonchev–Trinajstić information content (AvgIpc) is 2.23. The van der Waals surface area contributed by atoms with Crippen LogP contribution in [0.2, 0.25) is 0 Å². The maximum absolute atomic E-state index is 12.8. The first-order valence-electron chi connectivity index (χ1n) is 7.83. The average molecular weight is 317 g/mol. The Labute approximate surface area is 135 Å². The predicted octanol–water partition coefficient (Wildman–Crippen LogP) is 4.11. The van der Waals surface area contributed by atoms with E-state index in [-0.39, 0.29) is 16.8 Å². The number of ether oxygens (including phenoxy) is 2. The maximum Gasteiger partial charge on any atom is 0.313 e. The molecule has 1 aliphatic rings. The van der Waals surface area contributed by atoms with E-state index in [1.165, 1.54) is 0 Å². The van der Waals surface area contributed by atoms with Gasteiger partial charge in [-0.25, -0.2) is 0 Å². The molecule has 0 bridgehead atoms. The van der Waals surface area contributed by atoms with E-state index in [2.05, 4.69) is 40.3 Å². The van der Waals surface area contributed by atoms with Crippen LogP contribution < -0.4 is 0 Å². The van der Waals surface area contributed by atoms with Crippen molar-refractivity contribution in [3.8, 4) is 0 Å². The summed E-state index contributed by atoms with van der Waals surface area (Å²) >= 11 is 4.69. The first kappa shape index (κ1) is 18.8. The normalized spacial score (nSPS) is 21.3. The Hall–Kier alpha value is -0.220. The first-order chi connectivity index (χ1) is 9.35. The van der Waals surface area contributed by atoms with Gasteiger partial charge in [0.2, 0.25) is 0 Å². The lowest BCUT2D eigenvalue weighted by atomic mass is 9.68. The minimum Gasteiger partial charge on any atom is -0.464 e. The number of carbonyl (C=O) groups excluding carboxylic acids is 1. The highest BCUT2D eigenvalue weighted by Crippen LogP contribution is 2.46. The Balaban J connectivity index is 2.81. The number of carbonyl (C=O) groups is 1. The zero-order valence-corrected chi connectivity index (χ0v) is 15.6. The molecule has 0 aliphatic carbocycles. The highest BCUT2D eigenvalue weighted by molar-refractivity contribution is 7.81. The van der Waals surface area contributed by atoms with Crippen LogP contribution >= 0.6 is 12.6 Å². The van der Waals surface area contributed by atoms with Crippen LogP contribution in [0.25, 0.3) is 0 Å². The van der Waals surface area contributed by atoms with Crippen LogP contribution in [0, 0.1) is 16.2 Å². The van der Waals surface area contributed by atoms with Crippen LogP contribution in [0.5, 0.6) is 0 Å². The highest BCUT2D eigenvalue weighted by atomic mass is 32.1. The van der Waals surface area contributed by atoms with Crippen molar-refractivity contribution >= 4 is 18.6 Å². The fourth-order valence-electron chi connectivity index (χ4n) is 2.76. The number of rotatable bonds is 6. The molecule has 1 atom stereocenters. The molecule has 1 fully saturated rings. The summed E-state index contributed by atoms with van der Waals surface area (Å²) in [6.45, 7) is 16.3. The lowest BCUT2D eigenvalue weighted by Crippen LogP contribution is -2.50. The molecule has 0 aromatic carbocycles. The van der Waals surface area contributed by atoms with Crippen LogP contribution in [0.4, 0.5) is 0 Å². The van der Waals surface area contributed by atoms with Gasteiger partial charge in [-0.1, -0.05) is 27.7 Å². The van der Waals surface area contributed by atoms with Crippen molar-refractivity contribution in [1.82, 2.24) is 0 Å². The Morgan fingerprint density at radius 2 is 1.71 bits per heavy atom. The molecule has 124 valence electrons. The molecule has 21 heavy (non-hydrogen) atoms. The van der Waals surface area contributed by atoms with E-state index in [0.717, 1.165) is 12.8 Å². The lowest BCUT2D eigenvalue weighted by molar-refractivity contribution is -0.181. The highest BCUT2D eigenvalue weighted by Gasteiger charge is 2.49. The Bertz CT molecular complexity index is 369. The molecule has 0 amide bonds. The van der Waals surface area contributed by atoms with Crippen molar-refractivity contribution in [2.75, 3.05) is 19.8 Å². The van der Waals surface area contributed by atoms with E-state index >= 15 is 0 Å². The fourth-order valence-corrected chi connectivity index (χ4v) is 2.93. The molecule has 0 aromatic rings. The molecule has 1 aliphatic heterocycles. The summed E-state index contributed by atoms with van der Waals surface area (Å²) in [6.07, 6.45) is 1.71. The molecule has 1 heterocycles. The van der Waals surface area contributed by atoms with Gasteiger partial charge in [-0.3, -0.25) is 4.79 Å². The number of thiol groups is 1. The largest absolute Gasteiger partial charge is 0.464 e. The van der Waals surface area contributed by atoms with Gasteiger partial charge in [0.15, 0.2) is 0 Å². The molecule has 3 nitrogen and oxygen atoms in total. The van der Waals surface area contributed by atoms with Crippen molar-refractivity contribution in [2.45, 2.75) is 66.1 Å². The summed E-state index contributed by atoms with van der Waals surface area (Å²) in [7, 11) is 0. The monoisotopic (exact) mass is 316 g/mol. The second-order valence-corrected chi connectivity index (χ2v) is 9.67. The first-order valence-corrected chi connectivity index (χ1v) is 8.27. The Morgan fingerprint density at radius 3 is 2.00 bits per heavy atom. The van der Waals surface area contributed by atoms with Crippen LogP contribution in [0.1, 0.15) is 61.3 Å². The Kier molecular flexibility index (Phi) is 5.48. The minimum absolute atomic E-state index is 0.0268. The summed E-state index contributed by atoms with van der Waals surface area (Å²) in [5.41, 5.74) is -0.553. The number of esters is 1. The van der Waals surface area contributed by atoms with Crippen molar-refractivity contribution in [2.24, 2.45) is 16.2 Å². The molecular weight excluding hydrogens is 284 g/mol. The van der Waals surface area contributed by atoms with E-state index in [4.69, 9.17) is 9.47 Å². The van der Waals surface area contributed by atoms with E-state index in [1.54, 1.807) is 0 Å². The van der Waals surface area contributed by atoms with Gasteiger partial charge in [0, 0.05) is 4.75 Å². The van der Waals surface area contributed by atoms with Crippen molar-refractivity contribution in [3.05, 3.63) is 0 Å². The van der Waals surface area contributed by atoms with Crippen LogP contribution in [-0.4, -0.2) is 30.5 Å². The van der Waals surface area contributed by atoms with Gasteiger partial charge in [0.25, 0.3) is 0 Å². The van der Waals surface area contributed by atoms with Crippen LogP contribution in [-0.2, 0) is 14.3 Å². The zero-order valence-electron chi connectivity index (χ0n) is 14.7. The molecule has 1 rings (SSSR count). The van der Waals surface area contributed by atoms with Gasteiger partial charge in [0.05, 0.1) is 24.0 Å². The van der Waals surface area contributed by atoms with Crippen LogP contribution in [0.15, 0.2) is 0 Å². The minimum atomic E-state index is -0.617. The molecule has 0 spiro atoms. The van der Waals surface area contributed by atoms with E-state index in [9.17, 15) is 4.79 Å². The van der Waals surface area contributed by atoms with E-state index < -0.39 is 10.2 Å². The van der Waals surface area contributed by atoms with Gasteiger partial charge < -0.3 is 9.47 Å². The predicted molar refractivity (Wildman–Crippen MR) is 89.7 cm³/mol. The van der Waals surface area contributed by atoms with Crippen molar-refractivity contribution in [3.63, 3.8) is 0 Å². The molecule has 0 saturated carbocycles.